The van der Waals surface area contributed by atoms with Gasteiger partial charge in [-0.2, -0.15) is 0 Å². The molecule has 0 aromatic carbocycles. The Bertz CT molecular complexity index is 1220. The van der Waals surface area contributed by atoms with Crippen molar-refractivity contribution in [2.45, 2.75) is 271 Å². The average Bonchev–Trinajstić information content (AvgIpc) is 3.32. The lowest BCUT2D eigenvalue weighted by atomic mass is 10.1. The molecule has 5 heteroatoms. The van der Waals surface area contributed by atoms with Crippen LogP contribution in [0, 0.1) is 0 Å². The van der Waals surface area contributed by atoms with E-state index in [0.29, 0.717) is 13.0 Å². The van der Waals surface area contributed by atoms with Crippen molar-refractivity contribution in [1.82, 2.24) is 0 Å². The van der Waals surface area contributed by atoms with E-state index in [-0.39, 0.29) is 31.6 Å². The quantitative estimate of drug-likeness (QED) is 0.0346. The molecule has 0 aliphatic rings. The highest BCUT2D eigenvalue weighted by atomic mass is 16.6. The maximum Gasteiger partial charge on any atom is 0.310 e. The second kappa shape index (κ2) is 56.4. The highest BCUT2D eigenvalue weighted by molar-refractivity contribution is 5.71. The van der Waals surface area contributed by atoms with Gasteiger partial charge in [-0.15, -0.1) is 0 Å². The molecule has 0 amide bonds. The second-order valence-corrected chi connectivity index (χ2v) is 18.5. The minimum Gasteiger partial charge on any atom is -0.462 e. The van der Waals surface area contributed by atoms with Crippen molar-refractivity contribution in [3.8, 4) is 0 Å². The molecule has 0 rings (SSSR count). The Morgan fingerprint density at radius 1 is 0.364 bits per heavy atom. The summed E-state index contributed by atoms with van der Waals surface area (Å²) in [7, 11) is 0. The maximum absolute atomic E-state index is 12.8. The van der Waals surface area contributed by atoms with E-state index in [1.807, 2.05) is 12.2 Å². The van der Waals surface area contributed by atoms with E-state index in [9.17, 15) is 9.59 Å². The van der Waals surface area contributed by atoms with Crippen LogP contribution in [0.5, 0.6) is 0 Å². The summed E-state index contributed by atoms with van der Waals surface area (Å²) >= 11 is 0. The van der Waals surface area contributed by atoms with Crippen LogP contribution >= 0.6 is 0 Å². The summed E-state index contributed by atoms with van der Waals surface area (Å²) in [5.41, 5.74) is 0. The summed E-state index contributed by atoms with van der Waals surface area (Å²) in [5.74, 6) is -0.545. The third kappa shape index (κ3) is 53.7. The van der Waals surface area contributed by atoms with Crippen molar-refractivity contribution < 1.29 is 23.8 Å². The lowest BCUT2D eigenvalue weighted by Gasteiger charge is -2.18. The van der Waals surface area contributed by atoms with Crippen molar-refractivity contribution in [1.29, 1.82) is 0 Å². The average molecular weight is 920 g/mol. The van der Waals surface area contributed by atoms with Crippen LogP contribution in [-0.2, 0) is 23.8 Å². The topological polar surface area (TPSA) is 61.8 Å². The largest absolute Gasteiger partial charge is 0.462 e. The van der Waals surface area contributed by atoms with Crippen molar-refractivity contribution in [3.63, 3.8) is 0 Å². The van der Waals surface area contributed by atoms with Gasteiger partial charge >= 0.3 is 11.9 Å². The Labute approximate surface area is 409 Å². The van der Waals surface area contributed by atoms with Gasteiger partial charge in [-0.05, 0) is 96.3 Å². The van der Waals surface area contributed by atoms with E-state index in [1.165, 1.54) is 167 Å². The normalized spacial score (nSPS) is 12.8. The van der Waals surface area contributed by atoms with Crippen LogP contribution in [0.2, 0.25) is 0 Å². The molecule has 0 fully saturated rings. The third-order valence-electron chi connectivity index (χ3n) is 11.9. The summed E-state index contributed by atoms with van der Waals surface area (Å²) in [5, 5.41) is 0. The standard InChI is InChI=1S/C61H106O5/c1-4-7-10-13-16-19-22-25-28-30-32-35-38-41-44-47-50-53-56-64-57-59(66-61(63)55-52-49-46-43-40-37-33-27-24-21-18-15-12-9-6-3)58-65-60(62)54-51-48-45-42-39-36-34-31-29-26-23-20-17-14-11-8-5-2/h9,12,18,21,25-29,33,40,43,49,52,59H,4-8,10-11,13-17,19-20,22-24,30-32,34-39,41-42,44-48,50-51,53-58H2,1-3H3/b12-9-,21-18-,28-25-,29-26-,33-27-,43-40-,52-49-. The molecule has 0 aliphatic carbocycles. The van der Waals surface area contributed by atoms with E-state index < -0.39 is 6.10 Å². The van der Waals surface area contributed by atoms with Crippen LogP contribution in [0.4, 0.5) is 0 Å². The Morgan fingerprint density at radius 2 is 0.727 bits per heavy atom. The number of rotatable bonds is 51. The fraction of sp³-hybridized carbons (Fsp3) is 0.738. The van der Waals surface area contributed by atoms with Gasteiger partial charge in [0, 0.05) is 13.0 Å². The Kier molecular flexibility index (Phi) is 53.9. The summed E-state index contributed by atoms with van der Waals surface area (Å²) in [6, 6.07) is 0. The molecule has 0 radical (unpaired) electrons. The van der Waals surface area contributed by atoms with Gasteiger partial charge in [0.15, 0.2) is 6.10 Å². The van der Waals surface area contributed by atoms with E-state index in [1.54, 1.807) is 0 Å². The molecule has 0 spiro atoms. The first-order valence-electron chi connectivity index (χ1n) is 28.1. The zero-order valence-electron chi connectivity index (χ0n) is 43.7. The Morgan fingerprint density at radius 3 is 1.15 bits per heavy atom. The predicted molar refractivity (Wildman–Crippen MR) is 288 cm³/mol. The molecule has 0 saturated heterocycles. The molecule has 0 saturated carbocycles. The minimum absolute atomic E-state index is 0.0402. The van der Waals surface area contributed by atoms with E-state index in [2.05, 4.69) is 93.7 Å². The summed E-state index contributed by atoms with van der Waals surface area (Å²) in [4.78, 5) is 25.4. The molecular formula is C61H106O5. The molecule has 0 heterocycles. The lowest BCUT2D eigenvalue weighted by molar-refractivity contribution is -0.162. The highest BCUT2D eigenvalue weighted by Crippen LogP contribution is 2.14. The number of carbonyl (C=O) groups is 2. The number of allylic oxidation sites excluding steroid dienone is 13. The number of ether oxygens (including phenoxy) is 3. The number of hydrogen-bond acceptors (Lipinski definition) is 5. The molecule has 1 atom stereocenters. The smallest absolute Gasteiger partial charge is 0.310 e. The predicted octanol–water partition coefficient (Wildman–Crippen LogP) is 19.2. The molecule has 0 aliphatic heterocycles. The zero-order valence-corrected chi connectivity index (χ0v) is 43.7. The Balaban J connectivity index is 4.37. The van der Waals surface area contributed by atoms with Crippen molar-refractivity contribution in [2.24, 2.45) is 0 Å². The summed E-state index contributed by atoms with van der Waals surface area (Å²) < 4.78 is 17.3. The van der Waals surface area contributed by atoms with Crippen LogP contribution in [0.3, 0.4) is 0 Å². The summed E-state index contributed by atoms with van der Waals surface area (Å²) in [6.07, 6.45) is 74.8. The molecule has 0 aromatic heterocycles. The van der Waals surface area contributed by atoms with Crippen LogP contribution < -0.4 is 0 Å². The molecule has 0 bridgehead atoms. The maximum atomic E-state index is 12.8. The molecule has 380 valence electrons. The van der Waals surface area contributed by atoms with Crippen LogP contribution in [0.15, 0.2) is 85.1 Å². The fourth-order valence-electron chi connectivity index (χ4n) is 7.75. The van der Waals surface area contributed by atoms with Crippen molar-refractivity contribution in [2.75, 3.05) is 19.8 Å². The van der Waals surface area contributed by atoms with E-state index >= 15 is 0 Å². The number of esters is 2. The molecule has 5 nitrogen and oxygen atoms in total. The second-order valence-electron chi connectivity index (χ2n) is 18.5. The van der Waals surface area contributed by atoms with Gasteiger partial charge in [0.2, 0.25) is 0 Å². The van der Waals surface area contributed by atoms with E-state index in [4.69, 9.17) is 14.2 Å². The van der Waals surface area contributed by atoms with Crippen molar-refractivity contribution in [3.05, 3.63) is 85.1 Å². The SMILES string of the molecule is CC/C=C\C/C=C\C/C=C\C/C=C\C/C=C\CC(=O)OC(COCCCCCCCCCC/C=C\CCCCCCCC)COC(=O)CCCCCCCCC/C=C\CCCCCCCC. The fourth-order valence-corrected chi connectivity index (χ4v) is 7.75. The molecule has 1 unspecified atom stereocenters. The highest BCUT2D eigenvalue weighted by Gasteiger charge is 2.17. The first-order chi connectivity index (χ1) is 32.6. The Hall–Kier alpha value is -2.92. The van der Waals surface area contributed by atoms with Crippen LogP contribution in [0.1, 0.15) is 265 Å². The van der Waals surface area contributed by atoms with Gasteiger partial charge in [0.25, 0.3) is 0 Å². The number of carbonyl (C=O) groups excluding carboxylic acids is 2. The van der Waals surface area contributed by atoms with Gasteiger partial charge in [0.05, 0.1) is 13.0 Å². The van der Waals surface area contributed by atoms with Crippen LogP contribution in [-0.4, -0.2) is 37.9 Å². The number of hydrogen-bond donors (Lipinski definition) is 0. The molecule has 0 aromatic rings. The first kappa shape index (κ1) is 63.1. The van der Waals surface area contributed by atoms with Gasteiger partial charge < -0.3 is 14.2 Å². The minimum atomic E-state index is -0.597. The summed E-state index contributed by atoms with van der Waals surface area (Å²) in [6.45, 7) is 7.61. The van der Waals surface area contributed by atoms with Gasteiger partial charge in [-0.3, -0.25) is 9.59 Å². The first-order valence-corrected chi connectivity index (χ1v) is 28.1. The molecular weight excluding hydrogens is 813 g/mol. The molecule has 0 N–H and O–H groups in total. The third-order valence-corrected chi connectivity index (χ3v) is 11.9. The van der Waals surface area contributed by atoms with E-state index in [0.717, 1.165) is 64.2 Å². The van der Waals surface area contributed by atoms with Crippen LogP contribution in [0.25, 0.3) is 0 Å². The molecule has 66 heavy (non-hydrogen) atoms. The lowest BCUT2D eigenvalue weighted by Crippen LogP contribution is -2.29. The monoisotopic (exact) mass is 919 g/mol. The van der Waals surface area contributed by atoms with Gasteiger partial charge in [-0.25, -0.2) is 0 Å². The zero-order chi connectivity index (χ0) is 47.7. The number of unbranched alkanes of at least 4 members (excludes halogenated alkanes) is 27. The van der Waals surface area contributed by atoms with Gasteiger partial charge in [0.1, 0.15) is 6.61 Å². The van der Waals surface area contributed by atoms with Gasteiger partial charge in [-0.1, -0.05) is 241 Å². The van der Waals surface area contributed by atoms with Crippen molar-refractivity contribution >= 4 is 11.9 Å².